The monoisotopic (exact) mass is 353 g/mol. The molecule has 0 radical (unpaired) electrons. The molecule has 0 bridgehead atoms. The van der Waals surface area contributed by atoms with Gasteiger partial charge in [0.05, 0.1) is 12.1 Å². The average Bonchev–Trinajstić information content (AvgIpc) is 2.56. The summed E-state index contributed by atoms with van der Waals surface area (Å²) >= 11 is 0. The molecular weight excluding hydrogens is 322 g/mol. The number of rotatable bonds is 4. The molecule has 2 fully saturated rings. The van der Waals surface area contributed by atoms with Gasteiger partial charge in [0.2, 0.25) is 5.79 Å². The van der Waals surface area contributed by atoms with Crippen LogP contribution in [0.2, 0.25) is 0 Å². The maximum absolute atomic E-state index is 12.9. The smallest absolute Gasteiger partial charge is 0.296 e. The van der Waals surface area contributed by atoms with E-state index < -0.39 is 29.4 Å². The molecule has 0 aromatic heterocycles. The molecule has 1 N–H and O–H groups in total. The van der Waals surface area contributed by atoms with Crippen molar-refractivity contribution >= 4 is 17.5 Å². The van der Waals surface area contributed by atoms with Gasteiger partial charge in [-0.2, -0.15) is 0 Å². The fourth-order valence-corrected chi connectivity index (χ4v) is 4.24. The lowest BCUT2D eigenvalue weighted by Crippen LogP contribution is -2.62. The minimum absolute atomic E-state index is 0.122. The Morgan fingerprint density at radius 1 is 1.20 bits per heavy atom. The average molecular weight is 353 g/mol. The van der Waals surface area contributed by atoms with Crippen molar-refractivity contribution in [2.24, 2.45) is 17.8 Å². The molecule has 25 heavy (non-hydrogen) atoms. The second-order valence-corrected chi connectivity index (χ2v) is 8.09. The van der Waals surface area contributed by atoms with Gasteiger partial charge in [0.15, 0.2) is 5.78 Å². The first-order chi connectivity index (χ1) is 11.6. The molecule has 6 nitrogen and oxygen atoms in total. The van der Waals surface area contributed by atoms with Crippen molar-refractivity contribution in [3.05, 3.63) is 0 Å². The van der Waals surface area contributed by atoms with Gasteiger partial charge in [0.25, 0.3) is 11.7 Å². The second kappa shape index (κ2) is 7.54. The number of aliphatic hydroxyl groups is 1. The Balaban J connectivity index is 2.24. The van der Waals surface area contributed by atoms with Gasteiger partial charge in [-0.3, -0.25) is 14.4 Å². The standard InChI is InChI=1S/C19H31NO5/c1-11(2)16-12(3)10-13(4)19(24,25-16)17(22)18(23)20-9-7-6-8-15(20)14(5)21/h11-13,15-16,24H,6-10H2,1-5H3. The van der Waals surface area contributed by atoms with Gasteiger partial charge in [0.1, 0.15) is 0 Å². The number of carbonyl (C=O) groups is 3. The summed E-state index contributed by atoms with van der Waals surface area (Å²) in [6, 6.07) is -0.576. The Morgan fingerprint density at radius 2 is 1.84 bits per heavy atom. The SMILES string of the molecule is CC(=O)C1CCCCN1C(=O)C(=O)C1(O)OC(C(C)C)C(C)CC1C. The Hall–Kier alpha value is -1.27. The number of ketones is 2. The third kappa shape index (κ3) is 3.80. The molecule has 6 heteroatoms. The molecule has 2 rings (SSSR count). The highest BCUT2D eigenvalue weighted by Gasteiger charge is 2.54. The topological polar surface area (TPSA) is 83.9 Å². The van der Waals surface area contributed by atoms with Crippen LogP contribution in [0.4, 0.5) is 0 Å². The Kier molecular flexibility index (Phi) is 6.05. The van der Waals surface area contributed by atoms with Crippen molar-refractivity contribution in [1.82, 2.24) is 4.90 Å². The summed E-state index contributed by atoms with van der Waals surface area (Å²) < 4.78 is 5.80. The zero-order valence-corrected chi connectivity index (χ0v) is 15.9. The number of carbonyl (C=O) groups excluding carboxylic acids is 3. The zero-order chi connectivity index (χ0) is 18.9. The van der Waals surface area contributed by atoms with Crippen LogP contribution in [-0.4, -0.2) is 52.0 Å². The summed E-state index contributed by atoms with van der Waals surface area (Å²) in [5, 5.41) is 11.0. The lowest BCUT2D eigenvalue weighted by atomic mass is 9.78. The van der Waals surface area contributed by atoms with Crippen LogP contribution in [0.3, 0.4) is 0 Å². The van der Waals surface area contributed by atoms with Crippen molar-refractivity contribution in [2.75, 3.05) is 6.54 Å². The summed E-state index contributed by atoms with van der Waals surface area (Å²) in [6.07, 6.45) is 2.49. The third-order valence-corrected chi connectivity index (χ3v) is 5.68. The quantitative estimate of drug-likeness (QED) is 0.781. The number of hydrogen-bond donors (Lipinski definition) is 1. The summed E-state index contributed by atoms with van der Waals surface area (Å²) in [6.45, 7) is 9.51. The van der Waals surface area contributed by atoms with E-state index in [4.69, 9.17) is 4.74 Å². The van der Waals surface area contributed by atoms with E-state index in [-0.39, 0.29) is 23.7 Å². The lowest BCUT2D eigenvalue weighted by molar-refractivity contribution is -0.280. The Bertz CT molecular complexity index is 546. The number of piperidine rings is 1. The van der Waals surface area contributed by atoms with Crippen LogP contribution in [0, 0.1) is 17.8 Å². The first-order valence-corrected chi connectivity index (χ1v) is 9.35. The van der Waals surface area contributed by atoms with Crippen LogP contribution in [0.5, 0.6) is 0 Å². The van der Waals surface area contributed by atoms with Crippen LogP contribution in [0.1, 0.15) is 60.3 Å². The molecule has 142 valence electrons. The first-order valence-electron chi connectivity index (χ1n) is 9.35. The van der Waals surface area contributed by atoms with Crippen LogP contribution in [0.25, 0.3) is 0 Å². The maximum atomic E-state index is 12.9. The van der Waals surface area contributed by atoms with Gasteiger partial charge in [-0.25, -0.2) is 0 Å². The fraction of sp³-hybridized carbons (Fsp3) is 0.842. The van der Waals surface area contributed by atoms with E-state index >= 15 is 0 Å². The molecule has 0 aromatic rings. The van der Waals surface area contributed by atoms with E-state index in [0.29, 0.717) is 19.4 Å². The summed E-state index contributed by atoms with van der Waals surface area (Å²) in [7, 11) is 0. The number of nitrogens with zero attached hydrogens (tertiary/aromatic N) is 1. The minimum Gasteiger partial charge on any atom is -0.359 e. The van der Waals surface area contributed by atoms with Crippen LogP contribution in [0.15, 0.2) is 0 Å². The van der Waals surface area contributed by atoms with Gasteiger partial charge < -0.3 is 14.7 Å². The molecule has 5 atom stereocenters. The molecule has 1 amide bonds. The summed E-state index contributed by atoms with van der Waals surface area (Å²) in [5.74, 6) is -4.14. The fourth-order valence-electron chi connectivity index (χ4n) is 4.24. The molecule has 2 saturated heterocycles. The Morgan fingerprint density at radius 3 is 2.40 bits per heavy atom. The number of Topliss-reactive ketones (excluding diaryl/α,β-unsaturated/α-hetero) is 2. The predicted molar refractivity (Wildman–Crippen MR) is 92.6 cm³/mol. The predicted octanol–water partition coefficient (Wildman–Crippen LogP) is 1.93. The van der Waals surface area contributed by atoms with E-state index in [1.54, 1.807) is 6.92 Å². The molecule has 0 aliphatic carbocycles. The van der Waals surface area contributed by atoms with Crippen molar-refractivity contribution in [3.8, 4) is 0 Å². The van der Waals surface area contributed by atoms with Crippen molar-refractivity contribution in [2.45, 2.75) is 78.2 Å². The second-order valence-electron chi connectivity index (χ2n) is 8.09. The first kappa shape index (κ1) is 20.0. The number of hydrogen-bond acceptors (Lipinski definition) is 5. The molecule has 5 unspecified atom stereocenters. The van der Waals surface area contributed by atoms with Gasteiger partial charge in [-0.1, -0.05) is 27.7 Å². The minimum atomic E-state index is -2.11. The maximum Gasteiger partial charge on any atom is 0.296 e. The molecule has 0 aromatic carbocycles. The summed E-state index contributed by atoms with van der Waals surface area (Å²) in [4.78, 5) is 38.9. The van der Waals surface area contributed by atoms with Gasteiger partial charge >= 0.3 is 0 Å². The van der Waals surface area contributed by atoms with Crippen LogP contribution < -0.4 is 0 Å². The van der Waals surface area contributed by atoms with Gasteiger partial charge in [-0.15, -0.1) is 0 Å². The van der Waals surface area contributed by atoms with E-state index in [2.05, 4.69) is 0 Å². The highest BCUT2D eigenvalue weighted by Crippen LogP contribution is 2.39. The molecule has 2 heterocycles. The van der Waals surface area contributed by atoms with E-state index in [0.717, 1.165) is 12.8 Å². The van der Waals surface area contributed by atoms with Crippen molar-refractivity contribution < 1.29 is 24.2 Å². The molecule has 0 spiro atoms. The molecule has 0 saturated carbocycles. The molecule has 2 aliphatic rings. The van der Waals surface area contributed by atoms with E-state index in [1.165, 1.54) is 11.8 Å². The van der Waals surface area contributed by atoms with Crippen molar-refractivity contribution in [3.63, 3.8) is 0 Å². The molecule has 2 aliphatic heterocycles. The third-order valence-electron chi connectivity index (χ3n) is 5.68. The van der Waals surface area contributed by atoms with Gasteiger partial charge in [-0.05, 0) is 44.4 Å². The molecular formula is C19H31NO5. The van der Waals surface area contributed by atoms with E-state index in [9.17, 15) is 19.5 Å². The van der Waals surface area contributed by atoms with Gasteiger partial charge in [0, 0.05) is 12.5 Å². The largest absolute Gasteiger partial charge is 0.359 e. The Labute approximate surface area is 149 Å². The highest BCUT2D eigenvalue weighted by atomic mass is 16.6. The zero-order valence-electron chi connectivity index (χ0n) is 15.9. The number of ether oxygens (including phenoxy) is 1. The van der Waals surface area contributed by atoms with Crippen molar-refractivity contribution in [1.29, 1.82) is 0 Å². The summed E-state index contributed by atoms with van der Waals surface area (Å²) in [5.41, 5.74) is 0. The normalized spacial score (nSPS) is 36.4. The van der Waals surface area contributed by atoms with Crippen LogP contribution in [-0.2, 0) is 19.1 Å². The van der Waals surface area contributed by atoms with Crippen LogP contribution >= 0.6 is 0 Å². The lowest BCUT2D eigenvalue weighted by Gasteiger charge is -2.46. The van der Waals surface area contributed by atoms with E-state index in [1.807, 2.05) is 20.8 Å². The number of amides is 1. The number of likely N-dealkylation sites (tertiary alicyclic amines) is 1. The highest BCUT2D eigenvalue weighted by molar-refractivity contribution is 6.39.